The van der Waals surface area contributed by atoms with Gasteiger partial charge in [-0.15, -0.1) is 0 Å². The lowest BCUT2D eigenvalue weighted by Crippen LogP contribution is -2.13. The van der Waals surface area contributed by atoms with Crippen molar-refractivity contribution in [1.29, 1.82) is 0 Å². The maximum Gasteiger partial charge on any atom is 0.341 e. The number of esters is 2. The van der Waals surface area contributed by atoms with E-state index in [-0.39, 0.29) is 24.3 Å². The van der Waals surface area contributed by atoms with Crippen LogP contribution >= 0.6 is 0 Å². The Morgan fingerprint density at radius 2 is 1.55 bits per heavy atom. The highest BCUT2D eigenvalue weighted by atomic mass is 16.5. The summed E-state index contributed by atoms with van der Waals surface area (Å²) in [5.41, 5.74) is 2.80. The second-order valence-electron chi connectivity index (χ2n) is 6.38. The van der Waals surface area contributed by atoms with Crippen molar-refractivity contribution in [2.45, 2.75) is 13.8 Å². The molecule has 0 saturated heterocycles. The SMILES string of the molecule is CCOC(=O)c1c(C(=O)OCC)c2ccccn2c1-c1ccc2ccccc2n1. The average molecular weight is 388 g/mol. The van der Waals surface area contributed by atoms with Gasteiger partial charge in [0.05, 0.1) is 35.6 Å². The molecule has 0 unspecified atom stereocenters. The summed E-state index contributed by atoms with van der Waals surface area (Å²) in [5, 5.41) is 0.986. The fourth-order valence-corrected chi connectivity index (χ4v) is 3.47. The molecule has 1 aromatic carbocycles. The van der Waals surface area contributed by atoms with Gasteiger partial charge < -0.3 is 13.9 Å². The molecule has 0 fully saturated rings. The third-order valence-electron chi connectivity index (χ3n) is 4.64. The van der Waals surface area contributed by atoms with Gasteiger partial charge in [-0.05, 0) is 38.1 Å². The number of para-hydroxylation sites is 1. The Labute approximate surface area is 167 Å². The van der Waals surface area contributed by atoms with Crippen molar-refractivity contribution in [3.63, 3.8) is 0 Å². The van der Waals surface area contributed by atoms with E-state index in [9.17, 15) is 9.59 Å². The van der Waals surface area contributed by atoms with Crippen LogP contribution in [0.3, 0.4) is 0 Å². The fourth-order valence-electron chi connectivity index (χ4n) is 3.47. The van der Waals surface area contributed by atoms with E-state index >= 15 is 0 Å². The van der Waals surface area contributed by atoms with Crippen molar-refractivity contribution < 1.29 is 19.1 Å². The van der Waals surface area contributed by atoms with Gasteiger partial charge in [0, 0.05) is 11.6 Å². The van der Waals surface area contributed by atoms with E-state index in [0.717, 1.165) is 10.9 Å². The first-order valence-corrected chi connectivity index (χ1v) is 9.49. The average Bonchev–Trinajstić information content (AvgIpc) is 3.09. The number of nitrogens with zero attached hydrogens (tertiary/aromatic N) is 2. The van der Waals surface area contributed by atoms with E-state index in [2.05, 4.69) is 0 Å². The van der Waals surface area contributed by atoms with Gasteiger partial charge in [-0.25, -0.2) is 14.6 Å². The van der Waals surface area contributed by atoms with Crippen molar-refractivity contribution in [3.8, 4) is 11.4 Å². The largest absolute Gasteiger partial charge is 0.462 e. The number of carbonyl (C=O) groups is 2. The van der Waals surface area contributed by atoms with Gasteiger partial charge in [-0.2, -0.15) is 0 Å². The molecule has 29 heavy (non-hydrogen) atoms. The number of hydrogen-bond donors (Lipinski definition) is 0. The molecule has 3 heterocycles. The Morgan fingerprint density at radius 1 is 0.862 bits per heavy atom. The van der Waals surface area contributed by atoms with Gasteiger partial charge in [0.15, 0.2) is 0 Å². The Hall–Kier alpha value is -3.67. The minimum Gasteiger partial charge on any atom is -0.462 e. The summed E-state index contributed by atoms with van der Waals surface area (Å²) in [7, 11) is 0. The monoisotopic (exact) mass is 388 g/mol. The van der Waals surface area contributed by atoms with E-state index in [1.54, 1.807) is 30.5 Å². The molecule has 0 aliphatic heterocycles. The van der Waals surface area contributed by atoms with Crippen LogP contribution in [0.5, 0.6) is 0 Å². The van der Waals surface area contributed by atoms with Gasteiger partial charge in [-0.3, -0.25) is 0 Å². The van der Waals surface area contributed by atoms with E-state index in [0.29, 0.717) is 16.9 Å². The summed E-state index contributed by atoms with van der Waals surface area (Å²) in [6.45, 7) is 3.85. The van der Waals surface area contributed by atoms with Crippen LogP contribution in [0, 0.1) is 0 Å². The van der Waals surface area contributed by atoms with Crippen molar-refractivity contribution in [1.82, 2.24) is 9.38 Å². The molecule has 6 nitrogen and oxygen atoms in total. The molecule has 146 valence electrons. The van der Waals surface area contributed by atoms with Crippen LogP contribution in [-0.2, 0) is 9.47 Å². The van der Waals surface area contributed by atoms with Crippen molar-refractivity contribution in [3.05, 3.63) is 71.9 Å². The molecule has 0 radical (unpaired) electrons. The van der Waals surface area contributed by atoms with Crippen LogP contribution in [0.25, 0.3) is 27.8 Å². The van der Waals surface area contributed by atoms with Crippen molar-refractivity contribution >= 4 is 28.4 Å². The topological polar surface area (TPSA) is 69.9 Å². The number of carbonyl (C=O) groups excluding carboxylic acids is 2. The normalized spacial score (nSPS) is 11.0. The highest BCUT2D eigenvalue weighted by Gasteiger charge is 2.31. The Bertz CT molecular complexity index is 1230. The molecule has 6 heteroatoms. The summed E-state index contributed by atoms with van der Waals surface area (Å²) < 4.78 is 12.3. The molecule has 0 saturated carbocycles. The number of ether oxygens (including phenoxy) is 2. The van der Waals surface area contributed by atoms with E-state index in [1.807, 2.05) is 48.5 Å². The van der Waals surface area contributed by atoms with Crippen molar-refractivity contribution in [2.75, 3.05) is 13.2 Å². The number of hydrogen-bond acceptors (Lipinski definition) is 5. The van der Waals surface area contributed by atoms with Crippen LogP contribution in [0.4, 0.5) is 0 Å². The van der Waals surface area contributed by atoms with Gasteiger partial charge in [0.25, 0.3) is 0 Å². The van der Waals surface area contributed by atoms with E-state index < -0.39 is 11.9 Å². The van der Waals surface area contributed by atoms with Crippen LogP contribution in [0.1, 0.15) is 34.6 Å². The third kappa shape index (κ3) is 3.23. The highest BCUT2D eigenvalue weighted by Crippen LogP contribution is 2.33. The predicted octanol–water partition coefficient (Wildman–Crippen LogP) is 4.51. The summed E-state index contributed by atoms with van der Waals surface area (Å²) >= 11 is 0. The van der Waals surface area contributed by atoms with Gasteiger partial charge >= 0.3 is 11.9 Å². The zero-order valence-electron chi connectivity index (χ0n) is 16.2. The lowest BCUT2D eigenvalue weighted by Gasteiger charge is -2.08. The second-order valence-corrected chi connectivity index (χ2v) is 6.38. The number of fused-ring (bicyclic) bond motifs is 2. The van der Waals surface area contributed by atoms with Crippen LogP contribution < -0.4 is 0 Å². The second kappa shape index (κ2) is 7.75. The van der Waals surface area contributed by atoms with Crippen LogP contribution in [0.15, 0.2) is 60.8 Å². The molecule has 0 aliphatic rings. The summed E-state index contributed by atoms with van der Waals surface area (Å²) in [6.07, 6.45) is 1.80. The Balaban J connectivity index is 2.07. The fraction of sp³-hybridized carbons (Fsp3) is 0.174. The maximum absolute atomic E-state index is 12.9. The third-order valence-corrected chi connectivity index (χ3v) is 4.64. The molecule has 0 aliphatic carbocycles. The highest BCUT2D eigenvalue weighted by molar-refractivity contribution is 6.12. The van der Waals surface area contributed by atoms with Crippen LogP contribution in [0.2, 0.25) is 0 Å². The minimum absolute atomic E-state index is 0.166. The van der Waals surface area contributed by atoms with E-state index in [4.69, 9.17) is 14.5 Å². The van der Waals surface area contributed by atoms with Crippen LogP contribution in [-0.4, -0.2) is 34.5 Å². The molecule has 3 aromatic heterocycles. The Morgan fingerprint density at radius 3 is 2.31 bits per heavy atom. The molecule has 0 atom stereocenters. The summed E-state index contributed by atoms with van der Waals surface area (Å²) in [4.78, 5) is 30.4. The molecule has 4 rings (SSSR count). The zero-order valence-corrected chi connectivity index (χ0v) is 16.2. The lowest BCUT2D eigenvalue weighted by atomic mass is 10.1. The van der Waals surface area contributed by atoms with Gasteiger partial charge in [0.2, 0.25) is 0 Å². The standard InChI is InChI=1S/C23H20N2O4/c1-3-28-22(26)19-18-11-7-8-14-25(18)21(20(19)23(27)29-4-2)17-13-12-15-9-5-6-10-16(15)24-17/h5-14H,3-4H2,1-2H3. The first-order chi connectivity index (χ1) is 14.2. The smallest absolute Gasteiger partial charge is 0.341 e. The molecular weight excluding hydrogens is 368 g/mol. The molecule has 0 N–H and O–H groups in total. The molecule has 4 aromatic rings. The number of aromatic nitrogens is 2. The quantitative estimate of drug-likeness (QED) is 0.471. The Kier molecular flexibility index (Phi) is 4.99. The molecule has 0 spiro atoms. The van der Waals surface area contributed by atoms with E-state index in [1.165, 1.54) is 0 Å². The maximum atomic E-state index is 12.9. The zero-order chi connectivity index (χ0) is 20.4. The number of pyridine rings is 2. The van der Waals surface area contributed by atoms with Gasteiger partial charge in [-0.1, -0.05) is 30.3 Å². The minimum atomic E-state index is -0.579. The van der Waals surface area contributed by atoms with Crippen molar-refractivity contribution in [2.24, 2.45) is 0 Å². The first-order valence-electron chi connectivity index (χ1n) is 9.49. The molecule has 0 amide bonds. The molecular formula is C23H20N2O4. The summed E-state index contributed by atoms with van der Waals surface area (Å²) in [5.74, 6) is -1.14. The molecule has 0 bridgehead atoms. The summed E-state index contributed by atoms with van der Waals surface area (Å²) in [6, 6.07) is 16.9. The lowest BCUT2D eigenvalue weighted by molar-refractivity contribution is 0.0482. The predicted molar refractivity (Wildman–Crippen MR) is 110 cm³/mol. The van der Waals surface area contributed by atoms with Gasteiger partial charge in [0.1, 0.15) is 11.1 Å². The number of benzene rings is 1. The first kappa shape index (κ1) is 18.7. The number of rotatable bonds is 5.